The maximum absolute atomic E-state index is 5.46. The van der Waals surface area contributed by atoms with Crippen molar-refractivity contribution in [1.82, 2.24) is 0 Å². The van der Waals surface area contributed by atoms with E-state index in [2.05, 4.69) is 18.0 Å². The standard InChI is InChI=1S/C8H16N2/c1-4-7(5-2)8(6-9)10-3/h4H,5-6,9H2,1-3H3/b7-4-,10-8?. The average Bonchev–Trinajstić information content (AvgIpc) is 2.00. The predicted octanol–water partition coefficient (Wildman–Crippen LogP) is 1.37. The van der Waals surface area contributed by atoms with Crippen LogP contribution in [0, 0.1) is 0 Å². The fourth-order valence-electron chi connectivity index (χ4n) is 0.941. The Morgan fingerprint density at radius 3 is 2.30 bits per heavy atom. The largest absolute Gasteiger partial charge is 0.325 e. The molecule has 0 heterocycles. The molecule has 0 aliphatic carbocycles. The highest BCUT2D eigenvalue weighted by Gasteiger charge is 1.98. The number of allylic oxidation sites excluding steroid dienone is 1. The fraction of sp³-hybridized carbons (Fsp3) is 0.625. The lowest BCUT2D eigenvalue weighted by Crippen LogP contribution is -2.15. The van der Waals surface area contributed by atoms with Gasteiger partial charge in [0.15, 0.2) is 0 Å². The van der Waals surface area contributed by atoms with Crippen LogP contribution in [0.5, 0.6) is 0 Å². The minimum Gasteiger partial charge on any atom is -0.325 e. The zero-order chi connectivity index (χ0) is 7.98. The van der Waals surface area contributed by atoms with Gasteiger partial charge in [-0.1, -0.05) is 13.0 Å². The van der Waals surface area contributed by atoms with Crippen LogP contribution < -0.4 is 5.73 Å². The van der Waals surface area contributed by atoms with Crippen molar-refractivity contribution in [1.29, 1.82) is 0 Å². The van der Waals surface area contributed by atoms with Gasteiger partial charge in [0.2, 0.25) is 0 Å². The smallest absolute Gasteiger partial charge is 0.0509 e. The molecule has 0 aromatic heterocycles. The zero-order valence-corrected chi connectivity index (χ0v) is 7.02. The van der Waals surface area contributed by atoms with E-state index < -0.39 is 0 Å². The van der Waals surface area contributed by atoms with Gasteiger partial charge < -0.3 is 5.73 Å². The molecule has 2 nitrogen and oxygen atoms in total. The van der Waals surface area contributed by atoms with E-state index in [4.69, 9.17) is 5.73 Å². The third kappa shape index (κ3) is 2.31. The summed E-state index contributed by atoms with van der Waals surface area (Å²) in [6.45, 7) is 4.67. The first-order chi connectivity index (χ1) is 4.79. The summed E-state index contributed by atoms with van der Waals surface area (Å²) in [5.74, 6) is 0. The summed E-state index contributed by atoms with van der Waals surface area (Å²) < 4.78 is 0. The van der Waals surface area contributed by atoms with Gasteiger partial charge in [0, 0.05) is 13.6 Å². The second kappa shape index (κ2) is 5.18. The van der Waals surface area contributed by atoms with Gasteiger partial charge in [-0.15, -0.1) is 0 Å². The van der Waals surface area contributed by atoms with Gasteiger partial charge in [0.25, 0.3) is 0 Å². The summed E-state index contributed by atoms with van der Waals surface area (Å²) >= 11 is 0. The average molecular weight is 140 g/mol. The summed E-state index contributed by atoms with van der Waals surface area (Å²) in [5.41, 5.74) is 7.74. The minimum atomic E-state index is 0.546. The van der Waals surface area contributed by atoms with Gasteiger partial charge >= 0.3 is 0 Å². The molecule has 0 saturated carbocycles. The van der Waals surface area contributed by atoms with E-state index in [1.807, 2.05) is 6.92 Å². The molecule has 0 amide bonds. The Kier molecular flexibility index (Phi) is 4.85. The van der Waals surface area contributed by atoms with E-state index in [1.54, 1.807) is 7.05 Å². The molecule has 0 saturated heterocycles. The summed E-state index contributed by atoms with van der Waals surface area (Å²) in [6, 6.07) is 0. The topological polar surface area (TPSA) is 38.4 Å². The first-order valence-corrected chi connectivity index (χ1v) is 3.61. The maximum atomic E-state index is 5.46. The molecule has 0 radical (unpaired) electrons. The summed E-state index contributed by atoms with van der Waals surface area (Å²) in [7, 11) is 1.78. The number of nitrogens with zero attached hydrogens (tertiary/aromatic N) is 1. The van der Waals surface area contributed by atoms with Crippen LogP contribution in [0.15, 0.2) is 16.6 Å². The summed E-state index contributed by atoms with van der Waals surface area (Å²) in [5, 5.41) is 0. The molecule has 10 heavy (non-hydrogen) atoms. The highest BCUT2D eigenvalue weighted by atomic mass is 14.7. The van der Waals surface area contributed by atoms with Crippen molar-refractivity contribution in [3.8, 4) is 0 Å². The molecule has 0 fully saturated rings. The van der Waals surface area contributed by atoms with Gasteiger partial charge in [-0.25, -0.2) is 0 Å². The van der Waals surface area contributed by atoms with Crippen LogP contribution in [0.4, 0.5) is 0 Å². The van der Waals surface area contributed by atoms with Gasteiger partial charge in [0.1, 0.15) is 0 Å². The Hall–Kier alpha value is -0.630. The third-order valence-electron chi connectivity index (χ3n) is 1.56. The quantitative estimate of drug-likeness (QED) is 0.591. The van der Waals surface area contributed by atoms with Gasteiger partial charge in [-0.3, -0.25) is 4.99 Å². The molecule has 2 heteroatoms. The molecule has 0 aromatic carbocycles. The molecule has 0 rings (SSSR count). The minimum absolute atomic E-state index is 0.546. The van der Waals surface area contributed by atoms with Crippen molar-refractivity contribution >= 4 is 5.71 Å². The lowest BCUT2D eigenvalue weighted by molar-refractivity contribution is 1.13. The monoisotopic (exact) mass is 140 g/mol. The zero-order valence-electron chi connectivity index (χ0n) is 7.02. The van der Waals surface area contributed by atoms with Gasteiger partial charge in [-0.05, 0) is 18.9 Å². The molecule has 0 unspecified atom stereocenters. The summed E-state index contributed by atoms with van der Waals surface area (Å²) in [6.07, 6.45) is 3.08. The van der Waals surface area contributed by atoms with Crippen molar-refractivity contribution in [2.24, 2.45) is 10.7 Å². The number of hydrogen-bond donors (Lipinski definition) is 1. The van der Waals surface area contributed by atoms with Crippen LogP contribution in [0.3, 0.4) is 0 Å². The molecular formula is C8H16N2. The summed E-state index contributed by atoms with van der Waals surface area (Å²) in [4.78, 5) is 4.07. The molecule has 2 N–H and O–H groups in total. The predicted molar refractivity (Wildman–Crippen MR) is 46.5 cm³/mol. The maximum Gasteiger partial charge on any atom is 0.0509 e. The molecule has 58 valence electrons. The fourth-order valence-corrected chi connectivity index (χ4v) is 0.941. The molecule has 0 atom stereocenters. The molecule has 0 aromatic rings. The number of nitrogens with two attached hydrogens (primary N) is 1. The van der Waals surface area contributed by atoms with Crippen molar-refractivity contribution in [3.63, 3.8) is 0 Å². The molecule has 0 bridgehead atoms. The van der Waals surface area contributed by atoms with Gasteiger partial charge in [0.05, 0.1) is 5.71 Å². The first kappa shape index (κ1) is 9.37. The van der Waals surface area contributed by atoms with Crippen LogP contribution in [0.25, 0.3) is 0 Å². The molecule has 0 aliphatic rings. The third-order valence-corrected chi connectivity index (χ3v) is 1.56. The number of rotatable bonds is 3. The number of hydrogen-bond acceptors (Lipinski definition) is 2. The van der Waals surface area contributed by atoms with Crippen LogP contribution in [-0.4, -0.2) is 19.3 Å². The van der Waals surface area contributed by atoms with Crippen molar-refractivity contribution in [2.75, 3.05) is 13.6 Å². The van der Waals surface area contributed by atoms with E-state index in [1.165, 1.54) is 5.57 Å². The highest BCUT2D eigenvalue weighted by Crippen LogP contribution is 2.01. The van der Waals surface area contributed by atoms with E-state index in [0.29, 0.717) is 6.54 Å². The normalized spacial score (nSPS) is 14.0. The Bertz CT molecular complexity index is 127. The Balaban J connectivity index is 4.27. The first-order valence-electron chi connectivity index (χ1n) is 3.61. The van der Waals surface area contributed by atoms with Crippen LogP contribution in [0.1, 0.15) is 20.3 Å². The second-order valence-electron chi connectivity index (χ2n) is 2.04. The Labute approximate surface area is 62.8 Å². The number of aliphatic imine (C=N–C) groups is 1. The molecule has 0 spiro atoms. The van der Waals surface area contributed by atoms with E-state index in [-0.39, 0.29) is 0 Å². The van der Waals surface area contributed by atoms with Crippen LogP contribution in [0.2, 0.25) is 0 Å². The van der Waals surface area contributed by atoms with Crippen molar-refractivity contribution in [3.05, 3.63) is 11.6 Å². The van der Waals surface area contributed by atoms with E-state index >= 15 is 0 Å². The molecular weight excluding hydrogens is 124 g/mol. The lowest BCUT2D eigenvalue weighted by Gasteiger charge is -2.03. The molecule has 0 aliphatic heterocycles. The lowest BCUT2D eigenvalue weighted by atomic mass is 10.1. The Morgan fingerprint density at radius 2 is 2.20 bits per heavy atom. The van der Waals surface area contributed by atoms with Crippen LogP contribution >= 0.6 is 0 Å². The van der Waals surface area contributed by atoms with Crippen LogP contribution in [-0.2, 0) is 0 Å². The van der Waals surface area contributed by atoms with Crippen molar-refractivity contribution in [2.45, 2.75) is 20.3 Å². The van der Waals surface area contributed by atoms with E-state index in [9.17, 15) is 0 Å². The Morgan fingerprint density at radius 1 is 1.60 bits per heavy atom. The van der Waals surface area contributed by atoms with Gasteiger partial charge in [-0.2, -0.15) is 0 Å². The highest BCUT2D eigenvalue weighted by molar-refractivity contribution is 6.01. The second-order valence-corrected chi connectivity index (χ2v) is 2.04. The SMILES string of the molecule is C/C=C(/CC)C(CN)=NC. The van der Waals surface area contributed by atoms with E-state index in [0.717, 1.165) is 12.1 Å². The van der Waals surface area contributed by atoms with Crippen molar-refractivity contribution < 1.29 is 0 Å².